The second kappa shape index (κ2) is 7.43. The standard InChI is InChI=1S/C18H17Cl2NO3/c19-14-4-2-13(3-5-14)17-11-21(7-8-24-17)18(23)10-12-1-6-16(22)15(20)9-12/h1-6,9,17,22H,7-8,10-11H2/t17-/m1/s1. The van der Waals surface area contributed by atoms with Crippen molar-refractivity contribution in [1.82, 2.24) is 4.90 Å². The minimum atomic E-state index is -0.150. The molecule has 1 N–H and O–H groups in total. The smallest absolute Gasteiger partial charge is 0.227 e. The first kappa shape index (κ1) is 17.1. The highest BCUT2D eigenvalue weighted by atomic mass is 35.5. The van der Waals surface area contributed by atoms with Crippen molar-refractivity contribution in [2.75, 3.05) is 19.7 Å². The van der Waals surface area contributed by atoms with E-state index in [4.69, 9.17) is 27.9 Å². The van der Waals surface area contributed by atoms with Gasteiger partial charge in [-0.05, 0) is 35.4 Å². The van der Waals surface area contributed by atoms with E-state index in [9.17, 15) is 9.90 Å². The quantitative estimate of drug-likeness (QED) is 0.898. The molecule has 6 heteroatoms. The van der Waals surface area contributed by atoms with Gasteiger partial charge >= 0.3 is 0 Å². The zero-order chi connectivity index (χ0) is 17.1. The number of hydrogen-bond donors (Lipinski definition) is 1. The van der Waals surface area contributed by atoms with Crippen molar-refractivity contribution in [1.29, 1.82) is 0 Å². The third kappa shape index (κ3) is 4.01. The van der Waals surface area contributed by atoms with E-state index >= 15 is 0 Å². The second-order valence-corrected chi connectivity index (χ2v) is 6.56. The second-order valence-electron chi connectivity index (χ2n) is 5.71. The predicted octanol–water partition coefficient (Wildman–Crippen LogP) is 3.84. The highest BCUT2D eigenvalue weighted by Gasteiger charge is 2.25. The maximum atomic E-state index is 12.5. The zero-order valence-electron chi connectivity index (χ0n) is 12.9. The van der Waals surface area contributed by atoms with Crippen molar-refractivity contribution in [3.05, 3.63) is 63.6 Å². The largest absolute Gasteiger partial charge is 0.506 e. The van der Waals surface area contributed by atoms with Gasteiger partial charge < -0.3 is 14.7 Å². The molecule has 4 nitrogen and oxygen atoms in total. The first-order valence-corrected chi connectivity index (χ1v) is 8.41. The maximum Gasteiger partial charge on any atom is 0.227 e. The minimum absolute atomic E-state index is 0.0130. The average Bonchev–Trinajstić information content (AvgIpc) is 2.59. The van der Waals surface area contributed by atoms with Gasteiger partial charge in [0, 0.05) is 11.6 Å². The Balaban J connectivity index is 1.66. The number of hydrogen-bond acceptors (Lipinski definition) is 3. The molecule has 2 aromatic rings. The Morgan fingerprint density at radius 2 is 1.96 bits per heavy atom. The first-order chi connectivity index (χ1) is 11.5. The summed E-state index contributed by atoms with van der Waals surface area (Å²) in [5.41, 5.74) is 1.78. The molecule has 0 bridgehead atoms. The molecule has 24 heavy (non-hydrogen) atoms. The van der Waals surface area contributed by atoms with Crippen LogP contribution in [0.4, 0.5) is 0 Å². The lowest BCUT2D eigenvalue weighted by Crippen LogP contribution is -2.42. The number of phenolic OH excluding ortho intramolecular Hbond substituents is 1. The van der Waals surface area contributed by atoms with Gasteiger partial charge in [0.05, 0.1) is 24.6 Å². The van der Waals surface area contributed by atoms with Crippen LogP contribution >= 0.6 is 23.2 Å². The number of morpholine rings is 1. The summed E-state index contributed by atoms with van der Waals surface area (Å²) in [5.74, 6) is 0.0288. The zero-order valence-corrected chi connectivity index (χ0v) is 14.4. The monoisotopic (exact) mass is 365 g/mol. The Hall–Kier alpha value is -1.75. The Bertz CT molecular complexity index is 734. The molecule has 1 fully saturated rings. The lowest BCUT2D eigenvalue weighted by atomic mass is 10.1. The molecule has 0 saturated carbocycles. The molecular formula is C18H17Cl2NO3. The summed E-state index contributed by atoms with van der Waals surface area (Å²) in [4.78, 5) is 14.3. The van der Waals surface area contributed by atoms with E-state index < -0.39 is 0 Å². The van der Waals surface area contributed by atoms with Crippen molar-refractivity contribution in [2.24, 2.45) is 0 Å². The fraction of sp³-hybridized carbons (Fsp3) is 0.278. The minimum Gasteiger partial charge on any atom is -0.506 e. The molecule has 1 atom stereocenters. The van der Waals surface area contributed by atoms with Crippen LogP contribution in [0.25, 0.3) is 0 Å². The number of rotatable bonds is 3. The summed E-state index contributed by atoms with van der Waals surface area (Å²) >= 11 is 11.8. The highest BCUT2D eigenvalue weighted by Crippen LogP contribution is 2.26. The van der Waals surface area contributed by atoms with E-state index in [0.717, 1.165) is 11.1 Å². The fourth-order valence-electron chi connectivity index (χ4n) is 2.70. The van der Waals surface area contributed by atoms with E-state index in [1.54, 1.807) is 17.0 Å². The van der Waals surface area contributed by atoms with E-state index in [0.29, 0.717) is 24.7 Å². The molecule has 3 rings (SSSR count). The van der Waals surface area contributed by atoms with Crippen LogP contribution in [0.2, 0.25) is 10.0 Å². The van der Waals surface area contributed by atoms with Crippen LogP contribution in [0, 0.1) is 0 Å². The van der Waals surface area contributed by atoms with Crippen molar-refractivity contribution in [2.45, 2.75) is 12.5 Å². The SMILES string of the molecule is O=C(Cc1ccc(O)c(Cl)c1)N1CCO[C@@H](c2ccc(Cl)cc2)C1. The van der Waals surface area contributed by atoms with Crippen molar-refractivity contribution >= 4 is 29.1 Å². The summed E-state index contributed by atoms with van der Waals surface area (Å²) in [5, 5.41) is 10.4. The average molecular weight is 366 g/mol. The third-order valence-corrected chi connectivity index (χ3v) is 4.58. The van der Waals surface area contributed by atoms with Crippen molar-refractivity contribution in [3.63, 3.8) is 0 Å². The van der Waals surface area contributed by atoms with Gasteiger partial charge in [-0.25, -0.2) is 0 Å². The van der Waals surface area contributed by atoms with E-state index in [-0.39, 0.29) is 29.2 Å². The molecule has 1 amide bonds. The van der Waals surface area contributed by atoms with Gasteiger partial charge in [0.15, 0.2) is 0 Å². The molecule has 0 aromatic heterocycles. The molecule has 2 aromatic carbocycles. The number of ether oxygens (including phenoxy) is 1. The van der Waals surface area contributed by atoms with E-state index in [2.05, 4.69) is 0 Å². The van der Waals surface area contributed by atoms with Gasteiger partial charge in [-0.1, -0.05) is 41.4 Å². The van der Waals surface area contributed by atoms with Gasteiger partial charge in [0.1, 0.15) is 11.9 Å². The number of amides is 1. The fourth-order valence-corrected chi connectivity index (χ4v) is 3.03. The molecule has 0 spiro atoms. The highest BCUT2D eigenvalue weighted by molar-refractivity contribution is 6.32. The van der Waals surface area contributed by atoms with Gasteiger partial charge in [0.2, 0.25) is 5.91 Å². The number of benzene rings is 2. The topological polar surface area (TPSA) is 49.8 Å². The van der Waals surface area contributed by atoms with E-state index in [1.807, 2.05) is 24.3 Å². The van der Waals surface area contributed by atoms with Gasteiger partial charge in [-0.2, -0.15) is 0 Å². The lowest BCUT2D eigenvalue weighted by molar-refractivity contribution is -0.138. The lowest BCUT2D eigenvalue weighted by Gasteiger charge is -2.33. The Labute approximate surface area is 150 Å². The van der Waals surface area contributed by atoms with Crippen molar-refractivity contribution < 1.29 is 14.6 Å². The number of phenols is 1. The molecular weight excluding hydrogens is 349 g/mol. The third-order valence-electron chi connectivity index (χ3n) is 4.03. The number of aromatic hydroxyl groups is 1. The number of carbonyl (C=O) groups excluding carboxylic acids is 1. The maximum absolute atomic E-state index is 12.5. The predicted molar refractivity (Wildman–Crippen MR) is 93.5 cm³/mol. The van der Waals surface area contributed by atoms with Crippen LogP contribution in [0.15, 0.2) is 42.5 Å². The first-order valence-electron chi connectivity index (χ1n) is 7.65. The molecule has 1 heterocycles. The molecule has 1 saturated heterocycles. The Kier molecular flexibility index (Phi) is 5.29. The summed E-state index contributed by atoms with van der Waals surface area (Å²) in [6.45, 7) is 1.57. The Morgan fingerprint density at radius 1 is 1.21 bits per heavy atom. The van der Waals surface area contributed by atoms with Crippen LogP contribution in [0.1, 0.15) is 17.2 Å². The van der Waals surface area contributed by atoms with Crippen LogP contribution in [-0.4, -0.2) is 35.6 Å². The van der Waals surface area contributed by atoms with Crippen LogP contribution in [0.5, 0.6) is 5.75 Å². The van der Waals surface area contributed by atoms with Crippen LogP contribution in [0.3, 0.4) is 0 Å². The van der Waals surface area contributed by atoms with Crippen LogP contribution < -0.4 is 0 Å². The molecule has 1 aliphatic rings. The molecule has 0 unspecified atom stereocenters. The molecule has 0 radical (unpaired) electrons. The molecule has 126 valence electrons. The molecule has 0 aliphatic carbocycles. The Morgan fingerprint density at radius 3 is 2.67 bits per heavy atom. The van der Waals surface area contributed by atoms with Crippen LogP contribution in [-0.2, 0) is 16.0 Å². The summed E-state index contributed by atoms with van der Waals surface area (Å²) in [6.07, 6.45) is 0.0937. The van der Waals surface area contributed by atoms with Gasteiger partial charge in [-0.3, -0.25) is 4.79 Å². The summed E-state index contributed by atoms with van der Waals surface area (Å²) < 4.78 is 5.78. The number of halogens is 2. The summed E-state index contributed by atoms with van der Waals surface area (Å²) in [7, 11) is 0. The molecule has 1 aliphatic heterocycles. The summed E-state index contributed by atoms with van der Waals surface area (Å²) in [6, 6.07) is 12.3. The number of nitrogens with zero attached hydrogens (tertiary/aromatic N) is 1. The van der Waals surface area contributed by atoms with Crippen molar-refractivity contribution in [3.8, 4) is 5.75 Å². The normalized spacial score (nSPS) is 17.8. The van der Waals surface area contributed by atoms with E-state index in [1.165, 1.54) is 6.07 Å². The van der Waals surface area contributed by atoms with Gasteiger partial charge in [-0.15, -0.1) is 0 Å². The number of carbonyl (C=O) groups is 1. The van der Waals surface area contributed by atoms with Gasteiger partial charge in [0.25, 0.3) is 0 Å².